The fourth-order valence-electron chi connectivity index (χ4n) is 0.894. The number of hydrazine groups is 1. The van der Waals surface area contributed by atoms with Crippen LogP contribution in [0.15, 0.2) is 0 Å². The molecule has 0 aliphatic heterocycles. The van der Waals surface area contributed by atoms with E-state index in [0.717, 1.165) is 0 Å². The monoisotopic (exact) mass is 144 g/mol. The molecule has 0 saturated carbocycles. The zero-order valence-corrected chi connectivity index (χ0v) is 7.73. The molecule has 0 aromatic rings. The Bertz CT molecular complexity index is 93.9. The minimum Gasteiger partial charge on any atom is -0.271 e. The predicted molar refractivity (Wildman–Crippen MR) is 45.4 cm³/mol. The molecular weight excluding hydrogens is 124 g/mol. The van der Waals surface area contributed by atoms with Gasteiger partial charge >= 0.3 is 0 Å². The van der Waals surface area contributed by atoms with Gasteiger partial charge in [-0.3, -0.25) is 11.3 Å². The summed E-state index contributed by atoms with van der Waals surface area (Å²) in [5.74, 6) is 5.91. The van der Waals surface area contributed by atoms with Crippen molar-refractivity contribution in [2.45, 2.75) is 40.7 Å². The maximum absolute atomic E-state index is 5.32. The van der Waals surface area contributed by atoms with Gasteiger partial charge in [0, 0.05) is 6.04 Å². The third-order valence-electron chi connectivity index (χ3n) is 2.38. The molecule has 0 aliphatic carbocycles. The Morgan fingerprint density at radius 3 is 1.70 bits per heavy atom. The summed E-state index contributed by atoms with van der Waals surface area (Å²) in [6.07, 6.45) is 0. The van der Waals surface area contributed by atoms with E-state index in [0.29, 0.717) is 17.4 Å². The number of nitrogens with two attached hydrogens (primary N) is 1. The van der Waals surface area contributed by atoms with Crippen molar-refractivity contribution in [2.75, 3.05) is 0 Å². The zero-order chi connectivity index (χ0) is 8.36. The van der Waals surface area contributed by atoms with Crippen molar-refractivity contribution in [2.24, 2.45) is 17.2 Å². The van der Waals surface area contributed by atoms with E-state index >= 15 is 0 Å². The van der Waals surface area contributed by atoms with E-state index in [-0.39, 0.29) is 0 Å². The highest BCUT2D eigenvalue weighted by Gasteiger charge is 2.24. The van der Waals surface area contributed by atoms with Gasteiger partial charge in [0.25, 0.3) is 0 Å². The van der Waals surface area contributed by atoms with Crippen molar-refractivity contribution in [3.63, 3.8) is 0 Å². The van der Waals surface area contributed by atoms with Crippen molar-refractivity contribution in [1.82, 2.24) is 5.43 Å². The van der Waals surface area contributed by atoms with E-state index < -0.39 is 0 Å². The summed E-state index contributed by atoms with van der Waals surface area (Å²) >= 11 is 0. The fraction of sp³-hybridized carbons (Fsp3) is 1.00. The third kappa shape index (κ3) is 2.67. The second-order valence-corrected chi connectivity index (χ2v) is 4.11. The van der Waals surface area contributed by atoms with Crippen molar-refractivity contribution in [1.29, 1.82) is 0 Å². The summed E-state index contributed by atoms with van der Waals surface area (Å²) in [6, 6.07) is 0.389. The first-order valence-electron chi connectivity index (χ1n) is 3.85. The van der Waals surface area contributed by atoms with E-state index in [9.17, 15) is 0 Å². The Kier molecular flexibility index (Phi) is 3.33. The van der Waals surface area contributed by atoms with E-state index in [1.807, 2.05) is 0 Å². The van der Waals surface area contributed by atoms with E-state index in [4.69, 9.17) is 5.84 Å². The molecule has 0 heterocycles. The molecule has 0 radical (unpaired) electrons. The Morgan fingerprint density at radius 1 is 1.20 bits per heavy atom. The Morgan fingerprint density at radius 2 is 1.60 bits per heavy atom. The first-order valence-corrected chi connectivity index (χ1v) is 3.85. The van der Waals surface area contributed by atoms with Crippen LogP contribution in [-0.2, 0) is 0 Å². The highest BCUT2D eigenvalue weighted by molar-refractivity contribution is 4.77. The molecule has 62 valence electrons. The predicted octanol–water partition coefficient (Wildman–Crippen LogP) is 1.52. The lowest BCUT2D eigenvalue weighted by molar-refractivity contribution is 0.207. The summed E-state index contributed by atoms with van der Waals surface area (Å²) < 4.78 is 0. The van der Waals surface area contributed by atoms with Crippen LogP contribution in [0.5, 0.6) is 0 Å². The molecular formula is C8H20N2. The minimum atomic E-state index is 0.339. The molecule has 0 fully saturated rings. The topological polar surface area (TPSA) is 38.0 Å². The lowest BCUT2D eigenvalue weighted by Crippen LogP contribution is -2.42. The van der Waals surface area contributed by atoms with Crippen molar-refractivity contribution >= 4 is 0 Å². The van der Waals surface area contributed by atoms with Gasteiger partial charge in [0.15, 0.2) is 0 Å². The first kappa shape index (κ1) is 9.92. The van der Waals surface area contributed by atoms with Gasteiger partial charge in [-0.05, 0) is 18.3 Å². The van der Waals surface area contributed by atoms with Crippen LogP contribution in [0.4, 0.5) is 0 Å². The van der Waals surface area contributed by atoms with Gasteiger partial charge in [0.1, 0.15) is 0 Å². The lowest BCUT2D eigenvalue weighted by Gasteiger charge is -2.31. The van der Waals surface area contributed by atoms with Gasteiger partial charge in [-0.1, -0.05) is 27.7 Å². The Hall–Kier alpha value is -0.0800. The molecule has 2 nitrogen and oxygen atoms in total. The van der Waals surface area contributed by atoms with Gasteiger partial charge < -0.3 is 0 Å². The quantitative estimate of drug-likeness (QED) is 0.455. The highest BCUT2D eigenvalue weighted by Crippen LogP contribution is 2.27. The molecule has 0 aliphatic rings. The summed E-state index contributed by atoms with van der Waals surface area (Å²) in [5, 5.41) is 0. The maximum atomic E-state index is 5.32. The summed E-state index contributed by atoms with van der Waals surface area (Å²) in [7, 11) is 0. The molecule has 3 N–H and O–H groups in total. The van der Waals surface area contributed by atoms with E-state index in [2.05, 4.69) is 40.0 Å². The number of hydrogen-bond donors (Lipinski definition) is 2. The van der Waals surface area contributed by atoms with Crippen LogP contribution in [0.1, 0.15) is 34.6 Å². The Labute approximate surface area is 64.2 Å². The number of rotatable bonds is 2. The van der Waals surface area contributed by atoms with Crippen LogP contribution in [0.3, 0.4) is 0 Å². The molecule has 0 amide bonds. The smallest absolute Gasteiger partial charge is 0.0212 e. The minimum absolute atomic E-state index is 0.339. The number of nitrogens with one attached hydrogen (secondary N) is 1. The average molecular weight is 144 g/mol. The highest BCUT2D eigenvalue weighted by atomic mass is 15.2. The van der Waals surface area contributed by atoms with Crippen LogP contribution in [0, 0.1) is 11.3 Å². The third-order valence-corrected chi connectivity index (χ3v) is 2.38. The molecule has 0 spiro atoms. The normalized spacial score (nSPS) is 18.6. The van der Waals surface area contributed by atoms with Gasteiger partial charge in [-0.25, -0.2) is 0 Å². The molecule has 2 unspecified atom stereocenters. The standard InChI is InChI=1S/C8H20N2/c1-6(7(2)10-9)8(3,4)5/h6-7,10H,9H2,1-5H3. The second kappa shape index (κ2) is 3.35. The van der Waals surface area contributed by atoms with Crippen LogP contribution < -0.4 is 11.3 Å². The fourth-order valence-corrected chi connectivity index (χ4v) is 0.894. The summed E-state index contributed by atoms with van der Waals surface area (Å²) in [6.45, 7) is 11.0. The zero-order valence-electron chi connectivity index (χ0n) is 7.73. The van der Waals surface area contributed by atoms with E-state index in [1.54, 1.807) is 0 Å². The number of hydrogen-bond acceptors (Lipinski definition) is 2. The van der Waals surface area contributed by atoms with Crippen LogP contribution in [0.25, 0.3) is 0 Å². The van der Waals surface area contributed by atoms with Crippen LogP contribution in [0.2, 0.25) is 0 Å². The van der Waals surface area contributed by atoms with E-state index in [1.165, 1.54) is 0 Å². The molecule has 2 heteroatoms. The lowest BCUT2D eigenvalue weighted by atomic mass is 9.78. The summed E-state index contributed by atoms with van der Waals surface area (Å²) in [4.78, 5) is 0. The van der Waals surface area contributed by atoms with Crippen LogP contribution >= 0.6 is 0 Å². The van der Waals surface area contributed by atoms with Gasteiger partial charge in [-0.2, -0.15) is 0 Å². The molecule has 0 aromatic carbocycles. The second-order valence-electron chi connectivity index (χ2n) is 4.11. The molecule has 2 atom stereocenters. The molecule has 0 aromatic heterocycles. The van der Waals surface area contributed by atoms with Gasteiger partial charge in [-0.15, -0.1) is 0 Å². The SMILES string of the molecule is CC(NN)C(C)C(C)(C)C. The van der Waals surface area contributed by atoms with Crippen molar-refractivity contribution < 1.29 is 0 Å². The first-order chi connectivity index (χ1) is 4.39. The molecule has 0 saturated heterocycles. The van der Waals surface area contributed by atoms with Gasteiger partial charge in [0.05, 0.1) is 0 Å². The van der Waals surface area contributed by atoms with Gasteiger partial charge in [0.2, 0.25) is 0 Å². The molecule has 0 bridgehead atoms. The van der Waals surface area contributed by atoms with Crippen molar-refractivity contribution in [3.8, 4) is 0 Å². The Balaban J connectivity index is 3.94. The van der Waals surface area contributed by atoms with Crippen LogP contribution in [-0.4, -0.2) is 6.04 Å². The molecule has 10 heavy (non-hydrogen) atoms. The molecule has 0 rings (SSSR count). The average Bonchev–Trinajstić information content (AvgIpc) is 1.83. The van der Waals surface area contributed by atoms with Crippen molar-refractivity contribution in [3.05, 3.63) is 0 Å². The summed E-state index contributed by atoms with van der Waals surface area (Å²) in [5.41, 5.74) is 3.11. The maximum Gasteiger partial charge on any atom is 0.0212 e. The largest absolute Gasteiger partial charge is 0.271 e.